The largest absolute Gasteiger partial charge is 0.375 e. The van der Waals surface area contributed by atoms with Crippen LogP contribution in [0.25, 0.3) is 0 Å². The molecule has 0 bridgehead atoms. The van der Waals surface area contributed by atoms with Gasteiger partial charge in [0, 0.05) is 39.6 Å². The van der Waals surface area contributed by atoms with E-state index in [0.717, 1.165) is 25.5 Å². The van der Waals surface area contributed by atoms with E-state index >= 15 is 0 Å². The van der Waals surface area contributed by atoms with Gasteiger partial charge in [-0.3, -0.25) is 9.79 Å². The van der Waals surface area contributed by atoms with Crippen LogP contribution < -0.4 is 10.6 Å². The maximum absolute atomic E-state index is 12.4. The smallest absolute Gasteiger partial charge is 0.223 e. The minimum absolute atomic E-state index is 0.209. The number of ether oxygens (including phenoxy) is 1. The summed E-state index contributed by atoms with van der Waals surface area (Å²) in [5.41, 5.74) is 3.69. The predicted octanol–water partition coefficient (Wildman–Crippen LogP) is 2.69. The third-order valence-electron chi connectivity index (χ3n) is 4.93. The summed E-state index contributed by atoms with van der Waals surface area (Å²) >= 11 is 0. The number of hydrogen-bond donors (Lipinski definition) is 2. The number of guanidine groups is 1. The zero-order valence-electron chi connectivity index (χ0n) is 17.1. The Morgan fingerprint density at radius 3 is 2.34 bits per heavy atom. The van der Waals surface area contributed by atoms with Gasteiger partial charge in [-0.05, 0) is 23.1 Å². The molecule has 0 saturated carbocycles. The van der Waals surface area contributed by atoms with E-state index in [1.54, 1.807) is 7.05 Å². The average Bonchev–Trinajstić information content (AvgIpc) is 3.20. The molecule has 0 saturated heterocycles. The van der Waals surface area contributed by atoms with Crippen molar-refractivity contribution < 1.29 is 9.53 Å². The summed E-state index contributed by atoms with van der Waals surface area (Å²) in [7, 11) is 1.74. The first kappa shape index (κ1) is 20.9. The Labute approximate surface area is 173 Å². The van der Waals surface area contributed by atoms with Crippen molar-refractivity contribution in [1.29, 1.82) is 0 Å². The lowest BCUT2D eigenvalue weighted by Gasteiger charge is -2.16. The van der Waals surface area contributed by atoms with E-state index < -0.39 is 0 Å². The highest BCUT2D eigenvalue weighted by Crippen LogP contribution is 2.22. The first-order valence-corrected chi connectivity index (χ1v) is 10.2. The summed E-state index contributed by atoms with van der Waals surface area (Å²) < 4.78 is 5.66. The Kier molecular flexibility index (Phi) is 8.07. The molecule has 2 aromatic rings. The van der Waals surface area contributed by atoms with Gasteiger partial charge in [-0.2, -0.15) is 0 Å². The first-order valence-electron chi connectivity index (χ1n) is 10.2. The number of hydrogen-bond acceptors (Lipinski definition) is 3. The van der Waals surface area contributed by atoms with Crippen LogP contribution in [0.15, 0.2) is 59.6 Å². The average molecular weight is 395 g/mol. The van der Waals surface area contributed by atoms with Crippen molar-refractivity contribution in [1.82, 2.24) is 15.5 Å². The van der Waals surface area contributed by atoms with Gasteiger partial charge >= 0.3 is 0 Å². The summed E-state index contributed by atoms with van der Waals surface area (Å²) in [4.78, 5) is 18.6. The minimum Gasteiger partial charge on any atom is -0.375 e. The number of nitrogens with one attached hydrogen (secondary N) is 2. The van der Waals surface area contributed by atoms with Crippen LogP contribution in [-0.2, 0) is 29.2 Å². The first-order chi connectivity index (χ1) is 14.3. The zero-order valence-corrected chi connectivity index (χ0v) is 17.1. The predicted molar refractivity (Wildman–Crippen MR) is 115 cm³/mol. The number of carbonyl (C=O) groups excluding carboxylic acids is 1. The molecule has 1 amide bonds. The van der Waals surface area contributed by atoms with E-state index in [0.29, 0.717) is 32.7 Å². The zero-order chi connectivity index (χ0) is 20.3. The van der Waals surface area contributed by atoms with Crippen LogP contribution in [0.4, 0.5) is 0 Å². The van der Waals surface area contributed by atoms with Crippen molar-refractivity contribution >= 4 is 11.9 Å². The third kappa shape index (κ3) is 6.61. The number of rotatable bonds is 9. The molecular weight excluding hydrogens is 364 g/mol. The van der Waals surface area contributed by atoms with E-state index in [-0.39, 0.29) is 5.91 Å². The second kappa shape index (κ2) is 11.2. The molecule has 0 fully saturated rings. The van der Waals surface area contributed by atoms with Crippen molar-refractivity contribution in [2.75, 3.05) is 26.7 Å². The van der Waals surface area contributed by atoms with Gasteiger partial charge in [-0.1, -0.05) is 54.6 Å². The highest BCUT2D eigenvalue weighted by Gasteiger charge is 2.22. The Morgan fingerprint density at radius 1 is 1.00 bits per heavy atom. The van der Waals surface area contributed by atoms with Crippen molar-refractivity contribution in [2.24, 2.45) is 4.99 Å². The van der Waals surface area contributed by atoms with Gasteiger partial charge in [-0.15, -0.1) is 0 Å². The van der Waals surface area contributed by atoms with Crippen LogP contribution >= 0.6 is 0 Å². The monoisotopic (exact) mass is 394 g/mol. The van der Waals surface area contributed by atoms with E-state index in [1.165, 1.54) is 16.7 Å². The molecule has 2 N–H and O–H groups in total. The van der Waals surface area contributed by atoms with Crippen LogP contribution in [0.3, 0.4) is 0 Å². The van der Waals surface area contributed by atoms with Crippen molar-refractivity contribution in [3.8, 4) is 0 Å². The fourth-order valence-corrected chi connectivity index (χ4v) is 3.34. The normalized spacial score (nSPS) is 13.3. The van der Waals surface area contributed by atoms with Crippen molar-refractivity contribution in [3.05, 3.63) is 71.3 Å². The number of fused-ring (bicyclic) bond motifs is 1. The lowest BCUT2D eigenvalue weighted by Crippen LogP contribution is -2.39. The Bertz CT molecular complexity index is 783. The number of benzene rings is 2. The number of amides is 1. The second-order valence-corrected chi connectivity index (χ2v) is 7.09. The Hall–Kier alpha value is -2.86. The molecule has 6 heteroatoms. The van der Waals surface area contributed by atoms with E-state index in [4.69, 9.17) is 4.74 Å². The standard InChI is InChI=1S/C23H30N4O2/c1-24-23(26-14-15-29-18-19-8-3-2-4-9-19)25-13-7-12-22(28)27-16-20-10-5-6-11-21(20)17-27/h2-6,8-11H,7,12-18H2,1H3,(H2,24,25,26). The highest BCUT2D eigenvalue weighted by molar-refractivity contribution is 5.80. The molecular formula is C23H30N4O2. The molecule has 3 rings (SSSR count). The van der Waals surface area contributed by atoms with Crippen LogP contribution in [0, 0.1) is 0 Å². The summed E-state index contributed by atoms with van der Waals surface area (Å²) in [5.74, 6) is 0.939. The van der Waals surface area contributed by atoms with E-state index in [9.17, 15) is 4.79 Å². The summed E-state index contributed by atoms with van der Waals surface area (Å²) in [6, 6.07) is 18.4. The van der Waals surface area contributed by atoms with Gasteiger partial charge in [0.25, 0.3) is 0 Å². The van der Waals surface area contributed by atoms with Crippen molar-refractivity contribution in [3.63, 3.8) is 0 Å². The molecule has 2 aromatic carbocycles. The Balaban J connectivity index is 1.25. The minimum atomic E-state index is 0.209. The summed E-state index contributed by atoms with van der Waals surface area (Å²) in [6.07, 6.45) is 1.31. The summed E-state index contributed by atoms with van der Waals surface area (Å²) in [5, 5.41) is 6.48. The fraction of sp³-hybridized carbons (Fsp3) is 0.391. The van der Waals surface area contributed by atoms with Gasteiger partial charge in [0.2, 0.25) is 5.91 Å². The maximum atomic E-state index is 12.4. The number of carbonyl (C=O) groups is 1. The maximum Gasteiger partial charge on any atom is 0.223 e. The van der Waals surface area contributed by atoms with Gasteiger partial charge in [0.05, 0.1) is 13.2 Å². The van der Waals surface area contributed by atoms with E-state index in [1.807, 2.05) is 35.2 Å². The molecule has 29 heavy (non-hydrogen) atoms. The molecule has 0 aromatic heterocycles. The summed E-state index contributed by atoms with van der Waals surface area (Å²) in [6.45, 7) is 4.05. The SMILES string of the molecule is CN=C(NCCCC(=O)N1Cc2ccccc2C1)NCCOCc1ccccc1. The topological polar surface area (TPSA) is 66.0 Å². The van der Waals surface area contributed by atoms with Crippen LogP contribution in [0.5, 0.6) is 0 Å². The molecule has 0 radical (unpaired) electrons. The third-order valence-corrected chi connectivity index (χ3v) is 4.93. The second-order valence-electron chi connectivity index (χ2n) is 7.09. The van der Waals surface area contributed by atoms with Gasteiger partial charge in [0.15, 0.2) is 5.96 Å². The van der Waals surface area contributed by atoms with Gasteiger partial charge in [0.1, 0.15) is 0 Å². The lowest BCUT2D eigenvalue weighted by molar-refractivity contribution is -0.131. The highest BCUT2D eigenvalue weighted by atomic mass is 16.5. The molecule has 1 heterocycles. The molecule has 0 atom stereocenters. The molecule has 0 spiro atoms. The van der Waals surface area contributed by atoms with Crippen molar-refractivity contribution in [2.45, 2.75) is 32.5 Å². The molecule has 0 unspecified atom stereocenters. The quantitative estimate of drug-likeness (QED) is 0.390. The molecule has 1 aliphatic rings. The fourth-order valence-electron chi connectivity index (χ4n) is 3.34. The lowest BCUT2D eigenvalue weighted by atomic mass is 10.1. The van der Waals surface area contributed by atoms with Crippen LogP contribution in [0.2, 0.25) is 0 Å². The molecule has 154 valence electrons. The molecule has 6 nitrogen and oxygen atoms in total. The van der Waals surface area contributed by atoms with Gasteiger partial charge in [-0.25, -0.2) is 0 Å². The van der Waals surface area contributed by atoms with Gasteiger partial charge < -0.3 is 20.3 Å². The van der Waals surface area contributed by atoms with E-state index in [2.05, 4.69) is 39.9 Å². The number of aliphatic imine (C=N–C) groups is 1. The molecule has 0 aliphatic carbocycles. The molecule has 1 aliphatic heterocycles. The van der Waals surface area contributed by atoms with Crippen LogP contribution in [-0.4, -0.2) is 43.5 Å². The Morgan fingerprint density at radius 2 is 1.66 bits per heavy atom. The van der Waals surface area contributed by atoms with Crippen LogP contribution in [0.1, 0.15) is 29.5 Å². The number of nitrogens with zero attached hydrogens (tertiary/aromatic N) is 2.